The molecule has 0 aliphatic carbocycles. The molecule has 0 aliphatic rings. The summed E-state index contributed by atoms with van der Waals surface area (Å²) in [5.74, 6) is -1.12. The van der Waals surface area contributed by atoms with E-state index in [1.54, 1.807) is 0 Å². The van der Waals surface area contributed by atoms with Gasteiger partial charge in [-0.2, -0.15) is 20.8 Å². The number of amides is 2. The molecule has 0 rings (SSSR count). The Morgan fingerprint density at radius 2 is 1.23 bits per heavy atom. The van der Waals surface area contributed by atoms with Crippen LogP contribution in [0.15, 0.2) is 10.2 Å². The number of azo groups is 1. The van der Waals surface area contributed by atoms with Gasteiger partial charge in [-0.15, -0.1) is 0 Å². The van der Waals surface area contributed by atoms with Crippen LogP contribution in [0.25, 0.3) is 0 Å². The van der Waals surface area contributed by atoms with Crippen LogP contribution in [0.2, 0.25) is 0 Å². The molecular formula is C18H26N6O6. The van der Waals surface area contributed by atoms with Gasteiger partial charge in [0.25, 0.3) is 0 Å². The van der Waals surface area contributed by atoms with E-state index in [-0.39, 0.29) is 52.0 Å². The van der Waals surface area contributed by atoms with E-state index in [4.69, 9.17) is 9.47 Å². The van der Waals surface area contributed by atoms with Crippen LogP contribution in [0.4, 0.5) is 0 Å². The van der Waals surface area contributed by atoms with Crippen LogP contribution in [-0.4, -0.2) is 62.1 Å². The molecule has 0 aromatic rings. The van der Waals surface area contributed by atoms with Crippen molar-refractivity contribution in [2.75, 3.05) is 26.3 Å². The molecule has 0 aromatic heterocycles. The van der Waals surface area contributed by atoms with Crippen LogP contribution in [0.1, 0.15) is 39.5 Å². The lowest BCUT2D eigenvalue weighted by Gasteiger charge is -2.19. The molecule has 0 spiro atoms. The highest BCUT2D eigenvalue weighted by molar-refractivity contribution is 5.70. The third-order valence-corrected chi connectivity index (χ3v) is 3.79. The molecule has 0 saturated carbocycles. The Balaban J connectivity index is 4.66. The van der Waals surface area contributed by atoms with E-state index in [1.165, 1.54) is 13.8 Å². The summed E-state index contributed by atoms with van der Waals surface area (Å²) in [6.07, 6.45) is 0.791. The molecule has 164 valence electrons. The van der Waals surface area contributed by atoms with Crippen LogP contribution in [-0.2, 0) is 28.7 Å². The number of carbonyl (C=O) groups is 4. The molecular weight excluding hydrogens is 396 g/mol. The normalized spacial score (nSPS) is 14.3. The summed E-state index contributed by atoms with van der Waals surface area (Å²) in [5, 5.41) is 31.3. The Kier molecular flexibility index (Phi) is 12.8. The summed E-state index contributed by atoms with van der Waals surface area (Å²) < 4.78 is 9.79. The SMILES string of the molecule is CC(C#N)(CCC(=O)OCCNC=O)N=NC(C)(C#N)CCC(=O)OCCNC=O. The molecule has 12 heteroatoms. The molecule has 2 unspecified atom stereocenters. The van der Waals surface area contributed by atoms with E-state index in [2.05, 4.69) is 20.9 Å². The second-order valence-electron chi connectivity index (χ2n) is 6.56. The summed E-state index contributed by atoms with van der Waals surface area (Å²) in [4.78, 5) is 43.6. The van der Waals surface area contributed by atoms with Gasteiger partial charge in [-0.05, 0) is 26.7 Å². The highest BCUT2D eigenvalue weighted by atomic mass is 16.5. The Hall–Kier alpha value is -3.54. The molecule has 0 heterocycles. The fourth-order valence-corrected chi connectivity index (χ4v) is 1.88. The van der Waals surface area contributed by atoms with Crippen molar-refractivity contribution >= 4 is 24.8 Å². The number of hydrogen-bond donors (Lipinski definition) is 2. The molecule has 2 atom stereocenters. The Morgan fingerprint density at radius 1 is 0.867 bits per heavy atom. The standard InChI is InChI=1S/C18H26N6O6/c1-17(11-19,5-3-15(27)29-9-7-21-13-25)23-24-18(2,12-20)6-4-16(28)30-10-8-22-14-26/h13-14H,3-10H2,1-2H3,(H,21,25)(H,22,26). The van der Waals surface area contributed by atoms with Crippen LogP contribution in [0, 0.1) is 22.7 Å². The summed E-state index contributed by atoms with van der Waals surface area (Å²) in [7, 11) is 0. The molecule has 30 heavy (non-hydrogen) atoms. The van der Waals surface area contributed by atoms with Gasteiger partial charge in [-0.3, -0.25) is 19.2 Å². The van der Waals surface area contributed by atoms with E-state index in [9.17, 15) is 29.7 Å². The molecule has 0 aromatic carbocycles. The van der Waals surface area contributed by atoms with Crippen molar-refractivity contribution in [1.82, 2.24) is 10.6 Å². The molecule has 0 fully saturated rings. The van der Waals surface area contributed by atoms with Gasteiger partial charge in [0.1, 0.15) is 13.2 Å². The van der Waals surface area contributed by atoms with Gasteiger partial charge in [0.05, 0.1) is 25.2 Å². The maximum atomic E-state index is 11.7. The van der Waals surface area contributed by atoms with Crippen LogP contribution < -0.4 is 10.6 Å². The number of ether oxygens (including phenoxy) is 2. The second-order valence-corrected chi connectivity index (χ2v) is 6.56. The zero-order chi connectivity index (χ0) is 22.9. The first-order valence-electron chi connectivity index (χ1n) is 9.16. The highest BCUT2D eigenvalue weighted by Crippen LogP contribution is 2.23. The van der Waals surface area contributed by atoms with Crippen molar-refractivity contribution in [3.05, 3.63) is 0 Å². The first-order valence-corrected chi connectivity index (χ1v) is 9.16. The average molecular weight is 422 g/mol. The quantitative estimate of drug-likeness (QED) is 0.152. The third-order valence-electron chi connectivity index (χ3n) is 3.79. The fraction of sp³-hybridized carbons (Fsp3) is 0.667. The molecule has 12 nitrogen and oxygen atoms in total. The van der Waals surface area contributed by atoms with Crippen LogP contribution >= 0.6 is 0 Å². The van der Waals surface area contributed by atoms with Crippen molar-refractivity contribution in [1.29, 1.82) is 10.5 Å². The smallest absolute Gasteiger partial charge is 0.305 e. The van der Waals surface area contributed by atoms with Gasteiger partial charge in [-0.25, -0.2) is 0 Å². The van der Waals surface area contributed by atoms with E-state index >= 15 is 0 Å². The number of nitrogens with zero attached hydrogens (tertiary/aromatic N) is 4. The maximum Gasteiger partial charge on any atom is 0.305 e. The fourth-order valence-electron chi connectivity index (χ4n) is 1.88. The van der Waals surface area contributed by atoms with Gasteiger partial charge in [-0.1, -0.05) is 0 Å². The van der Waals surface area contributed by atoms with Crippen molar-refractivity contribution in [2.24, 2.45) is 10.2 Å². The first kappa shape index (κ1) is 26.5. The van der Waals surface area contributed by atoms with E-state index in [0.29, 0.717) is 12.8 Å². The minimum absolute atomic E-state index is 0.0101. The van der Waals surface area contributed by atoms with Gasteiger partial charge in [0, 0.05) is 12.8 Å². The predicted molar refractivity (Wildman–Crippen MR) is 101 cm³/mol. The third kappa shape index (κ3) is 12.0. The average Bonchev–Trinajstić information content (AvgIpc) is 2.75. The summed E-state index contributed by atoms with van der Waals surface area (Å²) in [5.41, 5.74) is -2.72. The highest BCUT2D eigenvalue weighted by Gasteiger charge is 2.29. The van der Waals surface area contributed by atoms with Crippen molar-refractivity contribution < 1.29 is 28.7 Å². The molecule has 0 saturated heterocycles. The zero-order valence-electron chi connectivity index (χ0n) is 17.0. The maximum absolute atomic E-state index is 11.7. The number of carbonyl (C=O) groups excluding carboxylic acids is 4. The summed E-state index contributed by atoms with van der Waals surface area (Å²) in [6, 6.07) is 3.90. The van der Waals surface area contributed by atoms with Gasteiger partial charge in [0.15, 0.2) is 11.1 Å². The van der Waals surface area contributed by atoms with Gasteiger partial charge >= 0.3 is 11.9 Å². The number of rotatable bonds is 16. The van der Waals surface area contributed by atoms with Crippen LogP contribution in [0.5, 0.6) is 0 Å². The van der Waals surface area contributed by atoms with Gasteiger partial charge in [0.2, 0.25) is 12.8 Å². The predicted octanol–water partition coefficient (Wildman–Crippen LogP) is 0.142. The largest absolute Gasteiger partial charge is 0.464 e. The van der Waals surface area contributed by atoms with Crippen molar-refractivity contribution in [3.8, 4) is 12.1 Å². The second kappa shape index (κ2) is 14.5. The lowest BCUT2D eigenvalue weighted by atomic mass is 9.97. The molecule has 0 aliphatic heterocycles. The Labute approximate surface area is 174 Å². The van der Waals surface area contributed by atoms with E-state index in [0.717, 1.165) is 0 Å². The number of hydrogen-bond acceptors (Lipinski definition) is 10. The number of esters is 2. The van der Waals surface area contributed by atoms with Gasteiger partial charge < -0.3 is 20.1 Å². The Bertz CT molecular complexity index is 642. The van der Waals surface area contributed by atoms with E-state index in [1.807, 2.05) is 12.1 Å². The van der Waals surface area contributed by atoms with E-state index < -0.39 is 23.0 Å². The first-order chi connectivity index (χ1) is 14.2. The van der Waals surface area contributed by atoms with Crippen LogP contribution in [0.3, 0.4) is 0 Å². The van der Waals surface area contributed by atoms with Crippen molar-refractivity contribution in [3.63, 3.8) is 0 Å². The topological polar surface area (TPSA) is 183 Å². The molecule has 0 radical (unpaired) electrons. The minimum Gasteiger partial charge on any atom is -0.464 e. The van der Waals surface area contributed by atoms with Crippen molar-refractivity contribution in [2.45, 2.75) is 50.6 Å². The molecule has 2 N–H and O–H groups in total. The minimum atomic E-state index is -1.36. The molecule has 2 amide bonds. The zero-order valence-corrected chi connectivity index (χ0v) is 17.0. The monoisotopic (exact) mass is 422 g/mol. The lowest BCUT2D eigenvalue weighted by Crippen LogP contribution is -2.26. The summed E-state index contributed by atoms with van der Waals surface area (Å²) >= 11 is 0. The summed E-state index contributed by atoms with van der Waals surface area (Å²) in [6.45, 7) is 3.31. The Morgan fingerprint density at radius 3 is 1.53 bits per heavy atom. The lowest BCUT2D eigenvalue weighted by molar-refractivity contribution is -0.144. The number of nitrogens with one attached hydrogen (secondary N) is 2. The number of nitriles is 2. The molecule has 0 bridgehead atoms.